The third kappa shape index (κ3) is 8.65. The topological polar surface area (TPSA) is 337 Å². The minimum Gasteiger partial charge on any atom is -0.505 e. The molecule has 21 nitrogen and oxygen atoms in total. The van der Waals surface area contributed by atoms with Gasteiger partial charge in [-0.15, -0.1) is 10.2 Å². The number of azo groups is 1. The highest BCUT2D eigenvalue weighted by molar-refractivity contribution is 7.86. The molecular weight excluding hydrogens is 773 g/mol. The quantitative estimate of drug-likeness (QED) is 0.0624. The van der Waals surface area contributed by atoms with E-state index < -0.39 is 94.5 Å². The Hall–Kier alpha value is -5.15. The maximum atomic E-state index is 12.5. The summed E-state index contributed by atoms with van der Waals surface area (Å²) in [7, 11) is -19.7. The Labute approximate surface area is 294 Å². The van der Waals surface area contributed by atoms with Crippen LogP contribution in [0.25, 0.3) is 21.5 Å². The number of nitrogens with one attached hydrogen (secondary N) is 3. The van der Waals surface area contributed by atoms with E-state index in [0.29, 0.717) is 11.5 Å². The van der Waals surface area contributed by atoms with E-state index in [1.54, 1.807) is 13.0 Å². The number of aromatic hydroxyl groups is 1. The molecule has 52 heavy (non-hydrogen) atoms. The summed E-state index contributed by atoms with van der Waals surface area (Å²) in [6.45, 7) is 1.60. The summed E-state index contributed by atoms with van der Waals surface area (Å²) < 4.78 is 136. The molecule has 0 aliphatic rings. The molecule has 0 bridgehead atoms. The van der Waals surface area contributed by atoms with Gasteiger partial charge >= 0.3 is 0 Å². The van der Waals surface area contributed by atoms with Crippen molar-refractivity contribution in [3.63, 3.8) is 0 Å². The van der Waals surface area contributed by atoms with Crippen molar-refractivity contribution in [2.45, 2.75) is 21.6 Å². The molecule has 4 aromatic carbocycles. The van der Waals surface area contributed by atoms with Crippen molar-refractivity contribution >= 4 is 96.9 Å². The summed E-state index contributed by atoms with van der Waals surface area (Å²) in [4.78, 5) is 9.54. The van der Waals surface area contributed by atoms with E-state index >= 15 is 0 Å². The molecule has 0 aliphatic heterocycles. The summed E-state index contributed by atoms with van der Waals surface area (Å²) in [5, 5.41) is 26.5. The summed E-state index contributed by atoms with van der Waals surface area (Å²) in [5.74, 6) is -2.53. The van der Waals surface area contributed by atoms with Crippen LogP contribution in [-0.2, 0) is 40.5 Å². The predicted molar refractivity (Wildman–Crippen MR) is 185 cm³/mol. The van der Waals surface area contributed by atoms with Gasteiger partial charge in [0, 0.05) is 23.9 Å². The lowest BCUT2D eigenvalue weighted by Crippen LogP contribution is -2.17. The number of fused-ring (bicyclic) bond motifs is 2. The lowest BCUT2D eigenvalue weighted by molar-refractivity contribution is 0.472. The molecule has 0 spiro atoms. The molecule has 0 saturated heterocycles. The predicted octanol–water partition coefficient (Wildman–Crippen LogP) is 3.51. The zero-order valence-corrected chi connectivity index (χ0v) is 29.5. The first-order valence-corrected chi connectivity index (χ1v) is 20.2. The number of anilines is 4. The van der Waals surface area contributed by atoms with Gasteiger partial charge in [-0.1, -0.05) is 30.3 Å². The van der Waals surface area contributed by atoms with Crippen LogP contribution in [0.1, 0.15) is 6.92 Å². The normalized spacial score (nSPS) is 12.8. The third-order valence-corrected chi connectivity index (χ3v) is 10.3. The van der Waals surface area contributed by atoms with Crippen LogP contribution >= 0.6 is 0 Å². The highest BCUT2D eigenvalue weighted by atomic mass is 32.2. The Morgan fingerprint density at radius 3 is 1.98 bits per heavy atom. The number of rotatable bonds is 13. The maximum Gasteiger partial charge on any atom is 0.297 e. The molecule has 0 radical (unpaired) electrons. The van der Waals surface area contributed by atoms with E-state index in [9.17, 15) is 52.4 Å². The van der Waals surface area contributed by atoms with Gasteiger partial charge in [-0.05, 0) is 42.0 Å². The summed E-state index contributed by atoms with van der Waals surface area (Å²) in [6.07, 6.45) is 0. The smallest absolute Gasteiger partial charge is 0.297 e. The molecule has 25 heteroatoms. The number of benzene rings is 4. The summed E-state index contributed by atoms with van der Waals surface area (Å²) >= 11 is 0. The second-order valence-corrected chi connectivity index (χ2v) is 16.3. The molecule has 1 aromatic heterocycles. The van der Waals surface area contributed by atoms with Crippen LogP contribution in [-0.4, -0.2) is 90.8 Å². The Balaban J connectivity index is 1.75. The van der Waals surface area contributed by atoms with E-state index in [1.807, 2.05) is 0 Å². The van der Waals surface area contributed by atoms with E-state index in [1.165, 1.54) is 24.3 Å². The molecule has 0 fully saturated rings. The minimum absolute atomic E-state index is 0.0181. The second-order valence-electron chi connectivity index (χ2n) is 10.6. The Bertz CT molecular complexity index is 2730. The van der Waals surface area contributed by atoms with Gasteiger partial charge in [0.05, 0.1) is 16.3 Å². The number of hydrogen-bond acceptors (Lipinski definition) is 17. The van der Waals surface area contributed by atoms with Crippen LogP contribution in [0.4, 0.5) is 34.9 Å². The van der Waals surface area contributed by atoms with E-state index in [-0.39, 0.29) is 36.3 Å². The molecule has 0 saturated carbocycles. The van der Waals surface area contributed by atoms with Crippen molar-refractivity contribution in [2.24, 2.45) is 10.2 Å². The first-order chi connectivity index (χ1) is 24.2. The zero-order valence-electron chi connectivity index (χ0n) is 26.2. The van der Waals surface area contributed by atoms with Crippen molar-refractivity contribution in [3.05, 3.63) is 54.6 Å². The molecule has 0 atom stereocenters. The van der Waals surface area contributed by atoms with Gasteiger partial charge in [0.2, 0.25) is 17.8 Å². The van der Waals surface area contributed by atoms with Crippen LogP contribution in [0.2, 0.25) is 0 Å². The van der Waals surface area contributed by atoms with Crippen LogP contribution in [0.3, 0.4) is 0 Å². The van der Waals surface area contributed by atoms with E-state index in [0.717, 1.165) is 18.2 Å². The molecule has 8 N–H and O–H groups in total. The molecule has 0 amide bonds. The van der Waals surface area contributed by atoms with Gasteiger partial charge < -0.3 is 21.1 Å². The van der Waals surface area contributed by atoms with Crippen LogP contribution in [0.15, 0.2) is 79.5 Å². The highest BCUT2D eigenvalue weighted by Crippen LogP contribution is 2.46. The monoisotopic (exact) mass is 798 g/mol. The second kappa shape index (κ2) is 14.1. The zero-order chi connectivity index (χ0) is 38.2. The molecule has 0 unspecified atom stereocenters. The molecular formula is C27H26N8O13S4. The van der Waals surface area contributed by atoms with E-state index in [2.05, 4.69) is 41.1 Å². The van der Waals surface area contributed by atoms with Gasteiger partial charge in [0.1, 0.15) is 21.2 Å². The fourth-order valence-corrected chi connectivity index (χ4v) is 7.24. The van der Waals surface area contributed by atoms with Crippen LogP contribution in [0.5, 0.6) is 5.75 Å². The van der Waals surface area contributed by atoms with Gasteiger partial charge in [-0.25, -0.2) is 0 Å². The fraction of sp³-hybridized carbons (Fsp3) is 0.148. The van der Waals surface area contributed by atoms with Crippen molar-refractivity contribution in [1.82, 2.24) is 15.0 Å². The van der Waals surface area contributed by atoms with Crippen molar-refractivity contribution in [3.8, 4) is 5.75 Å². The van der Waals surface area contributed by atoms with Crippen molar-refractivity contribution in [2.75, 3.05) is 34.8 Å². The van der Waals surface area contributed by atoms with Gasteiger partial charge in [-0.3, -0.25) is 18.2 Å². The minimum atomic E-state index is -5.31. The number of aromatic nitrogens is 3. The average molecular weight is 799 g/mol. The average Bonchev–Trinajstić information content (AvgIpc) is 3.01. The molecule has 276 valence electrons. The van der Waals surface area contributed by atoms with Crippen molar-refractivity contribution < 1.29 is 57.0 Å². The Morgan fingerprint density at radius 1 is 0.712 bits per heavy atom. The van der Waals surface area contributed by atoms with Gasteiger partial charge in [-0.2, -0.15) is 48.6 Å². The first-order valence-electron chi connectivity index (χ1n) is 14.3. The van der Waals surface area contributed by atoms with Gasteiger partial charge in [0.15, 0.2) is 5.75 Å². The summed E-state index contributed by atoms with van der Waals surface area (Å²) in [6, 6.07) is 10.8. The Kier molecular flexibility index (Phi) is 10.3. The third-order valence-electron chi connectivity index (χ3n) is 6.93. The van der Waals surface area contributed by atoms with Crippen LogP contribution in [0, 0.1) is 0 Å². The largest absolute Gasteiger partial charge is 0.505 e. The first kappa shape index (κ1) is 38.1. The maximum absolute atomic E-state index is 12.5. The van der Waals surface area contributed by atoms with E-state index in [4.69, 9.17) is 4.55 Å². The SMILES string of the molecule is CCNc1nc(NCCS(=O)(=O)O)nc(Nc2cc(S(=O)(=O)O)cc3cc(S(=O)(=O)O)c(N=Nc4ccc5ccccc5c4S(=O)(=O)O)c(O)c23)n1. The molecule has 5 rings (SSSR count). The number of phenols is 1. The van der Waals surface area contributed by atoms with Gasteiger partial charge in [0.25, 0.3) is 40.5 Å². The van der Waals surface area contributed by atoms with Crippen molar-refractivity contribution in [1.29, 1.82) is 0 Å². The fourth-order valence-electron chi connectivity index (χ4n) is 4.85. The van der Waals surface area contributed by atoms with Crippen LogP contribution < -0.4 is 16.0 Å². The summed E-state index contributed by atoms with van der Waals surface area (Å²) in [5.41, 5.74) is -1.89. The lowest BCUT2D eigenvalue weighted by Gasteiger charge is -2.16. The molecule has 1 heterocycles. The number of hydrogen-bond donors (Lipinski definition) is 8. The molecule has 5 aromatic rings. The Morgan fingerprint density at radius 2 is 1.37 bits per heavy atom. The standard InChI is InChI=1S/C27H26N8O13S4/c1-2-28-25-31-26(29-9-10-49(37,38)39)33-27(32-25)30-19-13-16(50(40,41)42)11-15-12-20(51(43,44)45)22(23(36)21(15)19)35-34-18-8-7-14-5-3-4-6-17(14)24(18)52(46,47)48/h3-8,11-13,36H,2,9-10H2,1H3,(H,37,38,39)(H,40,41,42)(H,43,44,45)(H,46,47,48)(H3,28,29,30,31,32,33). The molecule has 0 aliphatic carbocycles. The number of phenolic OH excluding ortho intramolecular Hbond substituents is 1. The highest BCUT2D eigenvalue weighted by Gasteiger charge is 2.27. The number of nitrogens with zero attached hydrogens (tertiary/aromatic N) is 5. The lowest BCUT2D eigenvalue weighted by atomic mass is 10.1.